The first-order valence-corrected chi connectivity index (χ1v) is 6.67. The van der Waals surface area contributed by atoms with E-state index in [2.05, 4.69) is 47.5 Å². The van der Waals surface area contributed by atoms with E-state index < -0.39 is 0 Å². The number of aldehydes is 1. The van der Waals surface area contributed by atoms with Gasteiger partial charge in [0, 0.05) is 5.56 Å². The van der Waals surface area contributed by atoms with Gasteiger partial charge in [0.2, 0.25) is 0 Å². The van der Waals surface area contributed by atoms with Gasteiger partial charge in [-0.2, -0.15) is 0 Å². The van der Waals surface area contributed by atoms with E-state index in [0.717, 1.165) is 18.3 Å². The lowest BCUT2D eigenvalue weighted by molar-refractivity contribution is -0.653. The molecule has 3 aromatic rings. The summed E-state index contributed by atoms with van der Waals surface area (Å²) in [7, 11) is 4.19. The molecule has 0 fully saturated rings. The Labute approximate surface area is 118 Å². The predicted octanol–water partition coefficient (Wildman–Crippen LogP) is 2.41. The number of hydrogen-bond donors (Lipinski definition) is 0. The Morgan fingerprint density at radius 2 is 1.80 bits per heavy atom. The highest BCUT2D eigenvalue weighted by atomic mass is 16.1. The Morgan fingerprint density at radius 3 is 2.45 bits per heavy atom. The molecule has 0 aliphatic rings. The molecule has 2 aromatic carbocycles. The summed E-state index contributed by atoms with van der Waals surface area (Å²) >= 11 is 0. The molecule has 0 radical (unpaired) electrons. The largest absolute Gasteiger partial charge is 0.298 e. The van der Waals surface area contributed by atoms with Crippen LogP contribution in [0, 0.1) is 0 Å². The number of imidazole rings is 1. The molecule has 0 aliphatic carbocycles. The average molecular weight is 265 g/mol. The van der Waals surface area contributed by atoms with Crippen LogP contribution in [0.2, 0.25) is 0 Å². The van der Waals surface area contributed by atoms with Crippen molar-refractivity contribution in [3.8, 4) is 0 Å². The van der Waals surface area contributed by atoms with Crippen LogP contribution in [0.1, 0.15) is 21.7 Å². The lowest BCUT2D eigenvalue weighted by Gasteiger charge is -2.00. The second-order valence-corrected chi connectivity index (χ2v) is 5.06. The molecule has 1 heterocycles. The third kappa shape index (κ3) is 2.01. The van der Waals surface area contributed by atoms with Crippen molar-refractivity contribution in [2.45, 2.75) is 6.42 Å². The van der Waals surface area contributed by atoms with Crippen LogP contribution < -0.4 is 4.57 Å². The Morgan fingerprint density at radius 1 is 1.10 bits per heavy atom. The molecule has 0 saturated carbocycles. The number of aromatic nitrogens is 2. The SMILES string of the molecule is Cn1c(Cc2ccc(C=O)cc2)[n+](C)c2ccccc21. The minimum atomic E-state index is 0.718. The number of hydrogen-bond acceptors (Lipinski definition) is 1. The molecule has 0 amide bonds. The zero-order valence-corrected chi connectivity index (χ0v) is 11.7. The van der Waals surface area contributed by atoms with E-state index in [1.165, 1.54) is 22.4 Å². The van der Waals surface area contributed by atoms with Gasteiger partial charge >= 0.3 is 0 Å². The Balaban J connectivity index is 2.03. The second-order valence-electron chi connectivity index (χ2n) is 5.06. The average Bonchev–Trinajstić information content (AvgIpc) is 2.74. The van der Waals surface area contributed by atoms with Crippen molar-refractivity contribution in [1.82, 2.24) is 4.57 Å². The van der Waals surface area contributed by atoms with E-state index in [1.807, 2.05) is 24.3 Å². The minimum Gasteiger partial charge on any atom is -0.298 e. The summed E-state index contributed by atoms with van der Waals surface area (Å²) in [5, 5.41) is 0. The maximum atomic E-state index is 10.7. The molecule has 1 aromatic heterocycles. The molecule has 0 bridgehead atoms. The van der Waals surface area contributed by atoms with Crippen molar-refractivity contribution in [2.24, 2.45) is 14.1 Å². The first-order valence-electron chi connectivity index (χ1n) is 6.67. The van der Waals surface area contributed by atoms with Crippen LogP contribution in [0.25, 0.3) is 11.0 Å². The molecule has 0 N–H and O–H groups in total. The Bertz CT molecular complexity index is 731. The molecule has 0 unspecified atom stereocenters. The van der Waals surface area contributed by atoms with Crippen molar-refractivity contribution < 1.29 is 9.36 Å². The van der Waals surface area contributed by atoms with E-state index in [-0.39, 0.29) is 0 Å². The first kappa shape index (κ1) is 12.6. The van der Waals surface area contributed by atoms with Crippen molar-refractivity contribution in [2.75, 3.05) is 0 Å². The third-order valence-electron chi connectivity index (χ3n) is 3.86. The van der Waals surface area contributed by atoms with Crippen LogP contribution in [0.15, 0.2) is 48.5 Å². The summed E-state index contributed by atoms with van der Waals surface area (Å²) in [5.74, 6) is 1.24. The first-order chi connectivity index (χ1) is 9.70. The number of aryl methyl sites for hydroxylation is 2. The number of nitrogens with zero attached hydrogens (tertiary/aromatic N) is 2. The summed E-state index contributed by atoms with van der Waals surface area (Å²) in [5.41, 5.74) is 4.39. The molecule has 0 spiro atoms. The van der Waals surface area contributed by atoms with Crippen LogP contribution in [-0.4, -0.2) is 10.9 Å². The lowest BCUT2D eigenvalue weighted by atomic mass is 10.1. The maximum absolute atomic E-state index is 10.7. The van der Waals surface area contributed by atoms with Crippen LogP contribution in [0.5, 0.6) is 0 Å². The van der Waals surface area contributed by atoms with Gasteiger partial charge in [-0.1, -0.05) is 36.4 Å². The minimum absolute atomic E-state index is 0.718. The zero-order chi connectivity index (χ0) is 14.1. The Kier molecular flexibility index (Phi) is 3.11. The fourth-order valence-electron chi connectivity index (χ4n) is 2.67. The van der Waals surface area contributed by atoms with Gasteiger partial charge < -0.3 is 0 Å². The summed E-state index contributed by atoms with van der Waals surface area (Å²) < 4.78 is 4.45. The van der Waals surface area contributed by atoms with Gasteiger partial charge in [0.05, 0.1) is 20.5 Å². The van der Waals surface area contributed by atoms with Gasteiger partial charge in [0.15, 0.2) is 11.0 Å². The maximum Gasteiger partial charge on any atom is 0.261 e. The molecule has 20 heavy (non-hydrogen) atoms. The second kappa shape index (κ2) is 4.93. The highest BCUT2D eigenvalue weighted by molar-refractivity contribution is 5.74. The van der Waals surface area contributed by atoms with Crippen molar-refractivity contribution in [3.63, 3.8) is 0 Å². The highest BCUT2D eigenvalue weighted by Crippen LogP contribution is 2.15. The third-order valence-corrected chi connectivity index (χ3v) is 3.86. The quantitative estimate of drug-likeness (QED) is 0.527. The molecule has 100 valence electrons. The topological polar surface area (TPSA) is 25.9 Å². The summed E-state index contributed by atoms with van der Waals surface area (Å²) in [6.45, 7) is 0. The smallest absolute Gasteiger partial charge is 0.261 e. The van der Waals surface area contributed by atoms with Gasteiger partial charge in [-0.05, 0) is 17.7 Å². The highest BCUT2D eigenvalue weighted by Gasteiger charge is 2.19. The summed E-state index contributed by atoms with van der Waals surface area (Å²) in [6.07, 6.45) is 1.72. The van der Waals surface area contributed by atoms with Crippen molar-refractivity contribution >= 4 is 17.3 Å². The summed E-state index contributed by atoms with van der Waals surface area (Å²) in [6, 6.07) is 16.2. The number of para-hydroxylation sites is 2. The molecule has 3 nitrogen and oxygen atoms in total. The van der Waals surface area contributed by atoms with Gasteiger partial charge in [-0.3, -0.25) is 4.79 Å². The lowest BCUT2D eigenvalue weighted by Crippen LogP contribution is -2.33. The number of carbonyl (C=O) groups is 1. The van der Waals surface area contributed by atoms with E-state index in [9.17, 15) is 4.79 Å². The summed E-state index contributed by atoms with van der Waals surface area (Å²) in [4.78, 5) is 10.7. The fraction of sp³-hybridized carbons (Fsp3) is 0.176. The van der Waals surface area contributed by atoms with Gasteiger partial charge in [0.25, 0.3) is 5.82 Å². The van der Waals surface area contributed by atoms with Crippen LogP contribution in [0.4, 0.5) is 0 Å². The molecule has 0 saturated heterocycles. The number of rotatable bonds is 3. The monoisotopic (exact) mass is 265 g/mol. The molecular formula is C17H17N2O+. The number of carbonyl (C=O) groups excluding carboxylic acids is 1. The van der Waals surface area contributed by atoms with Gasteiger partial charge in [-0.15, -0.1) is 0 Å². The van der Waals surface area contributed by atoms with E-state index in [0.29, 0.717) is 0 Å². The van der Waals surface area contributed by atoms with Crippen LogP contribution >= 0.6 is 0 Å². The van der Waals surface area contributed by atoms with Crippen molar-refractivity contribution in [3.05, 3.63) is 65.5 Å². The number of benzene rings is 2. The van der Waals surface area contributed by atoms with E-state index in [4.69, 9.17) is 0 Å². The fourth-order valence-corrected chi connectivity index (χ4v) is 2.67. The number of fused-ring (bicyclic) bond motifs is 1. The predicted molar refractivity (Wildman–Crippen MR) is 78.7 cm³/mol. The molecule has 3 rings (SSSR count). The zero-order valence-electron chi connectivity index (χ0n) is 11.7. The van der Waals surface area contributed by atoms with E-state index in [1.54, 1.807) is 0 Å². The standard InChI is InChI=1S/C17H17N2O/c1-18-15-5-3-4-6-16(15)19(2)17(18)11-13-7-9-14(12-20)10-8-13/h3-10,12H,11H2,1-2H3/q+1. The molecule has 0 aliphatic heterocycles. The normalized spacial score (nSPS) is 10.9. The van der Waals surface area contributed by atoms with Crippen molar-refractivity contribution in [1.29, 1.82) is 0 Å². The van der Waals surface area contributed by atoms with E-state index >= 15 is 0 Å². The van der Waals surface area contributed by atoms with Crippen LogP contribution in [0.3, 0.4) is 0 Å². The molecule has 0 atom stereocenters. The van der Waals surface area contributed by atoms with Gasteiger partial charge in [-0.25, -0.2) is 9.13 Å². The molecule has 3 heteroatoms. The molecular weight excluding hydrogens is 248 g/mol. The Hall–Kier alpha value is -2.42. The van der Waals surface area contributed by atoms with Gasteiger partial charge in [0.1, 0.15) is 6.29 Å². The van der Waals surface area contributed by atoms with Crippen LogP contribution in [-0.2, 0) is 20.5 Å².